The first kappa shape index (κ1) is 8.51. The van der Waals surface area contributed by atoms with E-state index in [2.05, 4.69) is 4.98 Å². The zero-order valence-electron chi connectivity index (χ0n) is 7.79. The molecule has 1 heterocycles. The normalized spacial score (nSPS) is 18.3. The van der Waals surface area contributed by atoms with Gasteiger partial charge in [-0.3, -0.25) is 0 Å². The summed E-state index contributed by atoms with van der Waals surface area (Å²) in [6, 6.07) is 3.95. The predicted molar refractivity (Wildman–Crippen MR) is 50.6 cm³/mol. The second-order valence-electron chi connectivity index (χ2n) is 3.71. The molecule has 70 valence electrons. The average Bonchev–Trinajstić information content (AvgIpc) is 2.84. The summed E-state index contributed by atoms with van der Waals surface area (Å²) in [4.78, 5) is 4.13. The molecule has 0 bridgehead atoms. The van der Waals surface area contributed by atoms with E-state index in [9.17, 15) is 0 Å². The SMILES string of the molecule is COc1ncccc1CC1(N)CC1. The lowest BCUT2D eigenvalue weighted by molar-refractivity contribution is 0.390. The minimum absolute atomic E-state index is 0.0241. The van der Waals surface area contributed by atoms with Crippen LogP contribution >= 0.6 is 0 Å². The maximum Gasteiger partial charge on any atom is 0.216 e. The fourth-order valence-electron chi connectivity index (χ4n) is 1.46. The van der Waals surface area contributed by atoms with Gasteiger partial charge in [0.1, 0.15) is 0 Å². The molecule has 1 aliphatic carbocycles. The summed E-state index contributed by atoms with van der Waals surface area (Å²) in [7, 11) is 1.64. The van der Waals surface area contributed by atoms with Crippen molar-refractivity contribution in [1.82, 2.24) is 4.98 Å². The fourth-order valence-corrected chi connectivity index (χ4v) is 1.46. The highest BCUT2D eigenvalue weighted by atomic mass is 16.5. The number of hydrogen-bond donors (Lipinski definition) is 1. The smallest absolute Gasteiger partial charge is 0.216 e. The molecule has 1 fully saturated rings. The van der Waals surface area contributed by atoms with Crippen LogP contribution < -0.4 is 10.5 Å². The minimum Gasteiger partial charge on any atom is -0.481 e. The van der Waals surface area contributed by atoms with Gasteiger partial charge < -0.3 is 10.5 Å². The van der Waals surface area contributed by atoms with Gasteiger partial charge in [0.15, 0.2) is 0 Å². The van der Waals surface area contributed by atoms with Crippen LogP contribution in [0.4, 0.5) is 0 Å². The number of rotatable bonds is 3. The summed E-state index contributed by atoms with van der Waals surface area (Å²) in [5, 5.41) is 0. The van der Waals surface area contributed by atoms with E-state index in [0.29, 0.717) is 5.88 Å². The maximum absolute atomic E-state index is 6.02. The molecule has 0 aromatic carbocycles. The quantitative estimate of drug-likeness (QED) is 0.754. The highest BCUT2D eigenvalue weighted by Crippen LogP contribution is 2.37. The van der Waals surface area contributed by atoms with Crippen molar-refractivity contribution in [3.63, 3.8) is 0 Å². The van der Waals surface area contributed by atoms with E-state index >= 15 is 0 Å². The van der Waals surface area contributed by atoms with Gasteiger partial charge in [0, 0.05) is 17.3 Å². The molecule has 3 heteroatoms. The molecule has 2 N–H and O–H groups in total. The zero-order chi connectivity index (χ0) is 9.31. The van der Waals surface area contributed by atoms with E-state index in [0.717, 1.165) is 24.8 Å². The number of methoxy groups -OCH3 is 1. The molecule has 1 aromatic rings. The number of hydrogen-bond acceptors (Lipinski definition) is 3. The summed E-state index contributed by atoms with van der Waals surface area (Å²) >= 11 is 0. The molecule has 1 saturated carbocycles. The molecule has 0 aliphatic heterocycles. The van der Waals surface area contributed by atoms with Crippen LogP contribution in [0.5, 0.6) is 5.88 Å². The molecule has 13 heavy (non-hydrogen) atoms. The maximum atomic E-state index is 6.02. The lowest BCUT2D eigenvalue weighted by Gasteiger charge is -2.10. The van der Waals surface area contributed by atoms with Gasteiger partial charge in [-0.25, -0.2) is 4.98 Å². The van der Waals surface area contributed by atoms with Crippen molar-refractivity contribution < 1.29 is 4.74 Å². The number of nitrogens with zero attached hydrogens (tertiary/aromatic N) is 1. The lowest BCUT2D eigenvalue weighted by Crippen LogP contribution is -2.24. The van der Waals surface area contributed by atoms with Gasteiger partial charge in [-0.05, 0) is 25.3 Å². The monoisotopic (exact) mass is 178 g/mol. The molecule has 0 unspecified atom stereocenters. The summed E-state index contributed by atoms with van der Waals surface area (Å²) in [6.45, 7) is 0. The van der Waals surface area contributed by atoms with Gasteiger partial charge in [0.25, 0.3) is 0 Å². The largest absolute Gasteiger partial charge is 0.481 e. The van der Waals surface area contributed by atoms with E-state index in [-0.39, 0.29) is 5.54 Å². The molecule has 2 rings (SSSR count). The Morgan fingerprint density at radius 2 is 2.38 bits per heavy atom. The number of pyridine rings is 1. The van der Waals surface area contributed by atoms with Crippen LogP contribution in [-0.4, -0.2) is 17.6 Å². The molecule has 3 nitrogen and oxygen atoms in total. The molecule has 0 atom stereocenters. The van der Waals surface area contributed by atoms with Crippen LogP contribution in [0, 0.1) is 0 Å². The van der Waals surface area contributed by atoms with Crippen molar-refractivity contribution in [2.24, 2.45) is 5.73 Å². The molecule has 1 aromatic heterocycles. The van der Waals surface area contributed by atoms with Gasteiger partial charge in [-0.2, -0.15) is 0 Å². The third-order valence-electron chi connectivity index (χ3n) is 2.48. The summed E-state index contributed by atoms with van der Waals surface area (Å²) in [6.07, 6.45) is 4.85. The van der Waals surface area contributed by atoms with E-state index in [1.54, 1.807) is 13.3 Å². The molecular formula is C10H14N2O. The molecule has 0 amide bonds. The van der Waals surface area contributed by atoms with Crippen LogP contribution in [-0.2, 0) is 6.42 Å². The van der Waals surface area contributed by atoms with Gasteiger partial charge in [-0.15, -0.1) is 0 Å². The Kier molecular flexibility index (Phi) is 1.96. The molecule has 0 spiro atoms. The van der Waals surface area contributed by atoms with Crippen molar-refractivity contribution in [2.45, 2.75) is 24.8 Å². The zero-order valence-corrected chi connectivity index (χ0v) is 7.79. The van der Waals surface area contributed by atoms with Gasteiger partial charge in [0.05, 0.1) is 7.11 Å². The van der Waals surface area contributed by atoms with Crippen molar-refractivity contribution in [3.8, 4) is 5.88 Å². The van der Waals surface area contributed by atoms with E-state index in [1.165, 1.54) is 0 Å². The fraction of sp³-hybridized carbons (Fsp3) is 0.500. The Balaban J connectivity index is 2.18. The van der Waals surface area contributed by atoms with Gasteiger partial charge in [0.2, 0.25) is 5.88 Å². The Morgan fingerprint density at radius 3 is 3.00 bits per heavy atom. The molecule has 0 saturated heterocycles. The van der Waals surface area contributed by atoms with Gasteiger partial charge in [-0.1, -0.05) is 6.07 Å². The van der Waals surface area contributed by atoms with E-state index in [1.807, 2.05) is 12.1 Å². The third kappa shape index (κ3) is 1.80. The van der Waals surface area contributed by atoms with Crippen molar-refractivity contribution >= 4 is 0 Å². The first-order valence-corrected chi connectivity index (χ1v) is 4.50. The minimum atomic E-state index is 0.0241. The van der Waals surface area contributed by atoms with E-state index in [4.69, 9.17) is 10.5 Å². The number of ether oxygens (including phenoxy) is 1. The van der Waals surface area contributed by atoms with Crippen LogP contribution in [0.3, 0.4) is 0 Å². The first-order chi connectivity index (χ1) is 6.23. The lowest BCUT2D eigenvalue weighted by atomic mass is 10.1. The van der Waals surface area contributed by atoms with Crippen molar-refractivity contribution in [3.05, 3.63) is 23.9 Å². The Bertz CT molecular complexity index is 308. The van der Waals surface area contributed by atoms with Crippen LogP contribution in [0.15, 0.2) is 18.3 Å². The topological polar surface area (TPSA) is 48.1 Å². The van der Waals surface area contributed by atoms with Crippen LogP contribution in [0.25, 0.3) is 0 Å². The molecule has 1 aliphatic rings. The van der Waals surface area contributed by atoms with Gasteiger partial charge >= 0.3 is 0 Å². The van der Waals surface area contributed by atoms with E-state index < -0.39 is 0 Å². The number of aromatic nitrogens is 1. The summed E-state index contributed by atoms with van der Waals surface area (Å²) in [5.41, 5.74) is 7.16. The Labute approximate surface area is 77.9 Å². The molecule has 0 radical (unpaired) electrons. The Morgan fingerprint density at radius 1 is 1.62 bits per heavy atom. The van der Waals surface area contributed by atoms with Crippen LogP contribution in [0.2, 0.25) is 0 Å². The first-order valence-electron chi connectivity index (χ1n) is 4.50. The second kappa shape index (κ2) is 3.00. The summed E-state index contributed by atoms with van der Waals surface area (Å²) < 4.78 is 5.15. The van der Waals surface area contributed by atoms with Crippen molar-refractivity contribution in [1.29, 1.82) is 0 Å². The highest BCUT2D eigenvalue weighted by molar-refractivity contribution is 5.29. The number of nitrogens with two attached hydrogens (primary N) is 1. The van der Waals surface area contributed by atoms with Crippen molar-refractivity contribution in [2.75, 3.05) is 7.11 Å². The standard InChI is InChI=1S/C10H14N2O/c1-13-9-8(3-2-6-12-9)7-10(11)4-5-10/h2-3,6H,4-5,7,11H2,1H3. The summed E-state index contributed by atoms with van der Waals surface area (Å²) in [5.74, 6) is 0.708. The Hall–Kier alpha value is -1.09. The van der Waals surface area contributed by atoms with Crippen LogP contribution in [0.1, 0.15) is 18.4 Å². The molecular weight excluding hydrogens is 164 g/mol. The second-order valence-corrected chi connectivity index (χ2v) is 3.71. The predicted octanol–water partition coefficient (Wildman–Crippen LogP) is 1.12. The highest BCUT2D eigenvalue weighted by Gasteiger charge is 2.38. The average molecular weight is 178 g/mol. The third-order valence-corrected chi connectivity index (χ3v) is 2.48.